The van der Waals surface area contributed by atoms with Crippen LogP contribution in [0.2, 0.25) is 0 Å². The Morgan fingerprint density at radius 2 is 1.90 bits per heavy atom. The van der Waals surface area contributed by atoms with E-state index >= 15 is 0 Å². The molecule has 1 atom stereocenters. The molecule has 0 saturated carbocycles. The predicted octanol–water partition coefficient (Wildman–Crippen LogP) is 4.46. The van der Waals surface area contributed by atoms with E-state index in [2.05, 4.69) is 5.32 Å². The van der Waals surface area contributed by atoms with Crippen molar-refractivity contribution in [1.82, 2.24) is 10.2 Å². The number of likely N-dealkylation sites (tertiary alicyclic amines) is 1. The van der Waals surface area contributed by atoms with Crippen LogP contribution in [-0.4, -0.2) is 29.8 Å². The largest absolute Gasteiger partial charge is 0.352 e. The number of hydrogen-bond acceptors (Lipinski definition) is 2. The Bertz CT molecular complexity index is 1090. The Kier molecular flexibility index (Phi) is 5.79. The van der Waals surface area contributed by atoms with Crippen molar-refractivity contribution in [1.29, 1.82) is 0 Å². The number of amides is 2. The molecule has 1 heterocycles. The van der Waals surface area contributed by atoms with Crippen molar-refractivity contribution in [2.75, 3.05) is 13.1 Å². The lowest BCUT2D eigenvalue weighted by atomic mass is 9.95. The SMILES string of the molecule is Cc1cc(CNC(=O)C2CCCN(C(=O)c3cccc4ccccc34)C2)ccc1F. The molecule has 1 unspecified atom stereocenters. The van der Waals surface area contributed by atoms with Crippen molar-refractivity contribution in [3.05, 3.63) is 83.2 Å². The van der Waals surface area contributed by atoms with Gasteiger partial charge in [0, 0.05) is 25.2 Å². The van der Waals surface area contributed by atoms with Gasteiger partial charge in [-0.15, -0.1) is 0 Å². The summed E-state index contributed by atoms with van der Waals surface area (Å²) in [7, 11) is 0. The monoisotopic (exact) mass is 404 g/mol. The maximum absolute atomic E-state index is 13.4. The number of piperidine rings is 1. The number of hydrogen-bond donors (Lipinski definition) is 1. The van der Waals surface area contributed by atoms with Gasteiger partial charge in [-0.2, -0.15) is 0 Å². The summed E-state index contributed by atoms with van der Waals surface area (Å²) in [5.41, 5.74) is 2.10. The summed E-state index contributed by atoms with van der Waals surface area (Å²) in [6.45, 7) is 3.13. The third kappa shape index (κ3) is 4.20. The summed E-state index contributed by atoms with van der Waals surface area (Å²) >= 11 is 0. The van der Waals surface area contributed by atoms with Crippen molar-refractivity contribution in [2.45, 2.75) is 26.3 Å². The normalized spacial score (nSPS) is 16.5. The van der Waals surface area contributed by atoms with Crippen LogP contribution < -0.4 is 5.32 Å². The number of rotatable bonds is 4. The molecule has 1 N–H and O–H groups in total. The van der Waals surface area contributed by atoms with E-state index in [1.54, 1.807) is 24.0 Å². The molecule has 1 saturated heterocycles. The van der Waals surface area contributed by atoms with E-state index in [1.165, 1.54) is 6.07 Å². The zero-order chi connectivity index (χ0) is 21.1. The first-order chi connectivity index (χ1) is 14.5. The molecule has 3 aromatic rings. The molecule has 4 nitrogen and oxygen atoms in total. The minimum absolute atomic E-state index is 0.0292. The van der Waals surface area contributed by atoms with Crippen molar-refractivity contribution < 1.29 is 14.0 Å². The van der Waals surface area contributed by atoms with Crippen LogP contribution in [-0.2, 0) is 11.3 Å². The number of carbonyl (C=O) groups is 2. The van der Waals surface area contributed by atoms with Crippen LogP contribution in [0.25, 0.3) is 10.8 Å². The van der Waals surface area contributed by atoms with E-state index in [1.807, 2.05) is 42.5 Å². The van der Waals surface area contributed by atoms with Gasteiger partial charge in [-0.05, 0) is 53.8 Å². The molecule has 1 aliphatic heterocycles. The summed E-state index contributed by atoms with van der Waals surface area (Å²) in [6.07, 6.45) is 1.55. The minimum atomic E-state index is -0.250. The molecule has 5 heteroatoms. The van der Waals surface area contributed by atoms with E-state index in [9.17, 15) is 14.0 Å². The fourth-order valence-corrected chi connectivity index (χ4v) is 4.11. The van der Waals surface area contributed by atoms with Crippen LogP contribution in [0.1, 0.15) is 34.3 Å². The molecule has 1 fully saturated rings. The second kappa shape index (κ2) is 8.66. The predicted molar refractivity (Wildman–Crippen MR) is 116 cm³/mol. The highest BCUT2D eigenvalue weighted by atomic mass is 19.1. The smallest absolute Gasteiger partial charge is 0.254 e. The van der Waals surface area contributed by atoms with Crippen molar-refractivity contribution in [3.63, 3.8) is 0 Å². The van der Waals surface area contributed by atoms with E-state index in [0.717, 1.165) is 29.2 Å². The van der Waals surface area contributed by atoms with Crippen LogP contribution in [0.15, 0.2) is 60.7 Å². The molecular formula is C25H25FN2O2. The Hall–Kier alpha value is -3.21. The molecule has 0 spiro atoms. The van der Waals surface area contributed by atoms with Gasteiger partial charge in [0.25, 0.3) is 5.91 Å². The van der Waals surface area contributed by atoms with Gasteiger partial charge in [-0.1, -0.05) is 48.5 Å². The standard InChI is InChI=1S/C25H25FN2O2/c1-17-14-18(11-12-23(17)26)15-27-24(29)20-8-5-13-28(16-20)25(30)22-10-4-7-19-6-2-3-9-21(19)22/h2-4,6-7,9-12,14,20H,5,8,13,15-16H2,1H3,(H,27,29). The second-order valence-electron chi connectivity index (χ2n) is 7.92. The number of fused-ring (bicyclic) bond motifs is 1. The van der Waals surface area contributed by atoms with Gasteiger partial charge in [0.1, 0.15) is 5.82 Å². The quantitative estimate of drug-likeness (QED) is 0.698. The van der Waals surface area contributed by atoms with Gasteiger partial charge in [0.15, 0.2) is 0 Å². The fraction of sp³-hybridized carbons (Fsp3) is 0.280. The summed E-state index contributed by atoms with van der Waals surface area (Å²) in [6, 6.07) is 18.4. The van der Waals surface area contributed by atoms with Crippen LogP contribution in [0.3, 0.4) is 0 Å². The first kappa shape index (κ1) is 20.1. The number of nitrogens with one attached hydrogen (secondary N) is 1. The number of benzene rings is 3. The number of nitrogens with zero attached hydrogens (tertiary/aromatic N) is 1. The topological polar surface area (TPSA) is 49.4 Å². The Morgan fingerprint density at radius 1 is 1.10 bits per heavy atom. The molecule has 2 amide bonds. The van der Waals surface area contributed by atoms with Crippen LogP contribution in [0, 0.1) is 18.7 Å². The molecule has 0 bridgehead atoms. The molecule has 0 aromatic heterocycles. The molecule has 154 valence electrons. The lowest BCUT2D eigenvalue weighted by Crippen LogP contribution is -2.45. The van der Waals surface area contributed by atoms with Gasteiger partial charge in [0.05, 0.1) is 5.92 Å². The van der Waals surface area contributed by atoms with E-state index < -0.39 is 0 Å². The fourth-order valence-electron chi connectivity index (χ4n) is 4.11. The summed E-state index contributed by atoms with van der Waals surface area (Å²) in [4.78, 5) is 27.7. The molecule has 0 radical (unpaired) electrons. The molecular weight excluding hydrogens is 379 g/mol. The van der Waals surface area contributed by atoms with Crippen molar-refractivity contribution in [3.8, 4) is 0 Å². The van der Waals surface area contributed by atoms with Crippen LogP contribution >= 0.6 is 0 Å². The Labute approximate surface area is 175 Å². The molecule has 0 aliphatic carbocycles. The molecule has 1 aliphatic rings. The first-order valence-corrected chi connectivity index (χ1v) is 10.3. The van der Waals surface area contributed by atoms with E-state index in [-0.39, 0.29) is 23.5 Å². The lowest BCUT2D eigenvalue weighted by Gasteiger charge is -2.32. The third-order valence-electron chi connectivity index (χ3n) is 5.79. The van der Waals surface area contributed by atoms with E-state index in [4.69, 9.17) is 0 Å². The van der Waals surface area contributed by atoms with Crippen molar-refractivity contribution >= 4 is 22.6 Å². The highest BCUT2D eigenvalue weighted by molar-refractivity contribution is 6.07. The van der Waals surface area contributed by atoms with Gasteiger partial charge in [-0.25, -0.2) is 4.39 Å². The Balaban J connectivity index is 1.42. The number of aryl methyl sites for hydroxylation is 1. The van der Waals surface area contributed by atoms with Crippen molar-refractivity contribution in [2.24, 2.45) is 5.92 Å². The second-order valence-corrected chi connectivity index (χ2v) is 7.92. The van der Waals surface area contributed by atoms with Gasteiger partial charge in [0.2, 0.25) is 5.91 Å². The van der Waals surface area contributed by atoms with Crippen LogP contribution in [0.4, 0.5) is 4.39 Å². The van der Waals surface area contributed by atoms with Crippen LogP contribution in [0.5, 0.6) is 0 Å². The maximum Gasteiger partial charge on any atom is 0.254 e. The summed E-state index contributed by atoms with van der Waals surface area (Å²) in [5, 5.41) is 4.91. The highest BCUT2D eigenvalue weighted by Crippen LogP contribution is 2.24. The first-order valence-electron chi connectivity index (χ1n) is 10.3. The van der Waals surface area contributed by atoms with Gasteiger partial charge >= 0.3 is 0 Å². The number of halogens is 1. The summed E-state index contributed by atoms with van der Waals surface area (Å²) in [5.74, 6) is -0.579. The highest BCUT2D eigenvalue weighted by Gasteiger charge is 2.29. The van der Waals surface area contributed by atoms with Gasteiger partial charge in [-0.3, -0.25) is 9.59 Å². The third-order valence-corrected chi connectivity index (χ3v) is 5.79. The molecule has 4 rings (SSSR count). The zero-order valence-electron chi connectivity index (χ0n) is 17.0. The Morgan fingerprint density at radius 3 is 2.73 bits per heavy atom. The molecule has 3 aromatic carbocycles. The average Bonchev–Trinajstić information content (AvgIpc) is 2.79. The van der Waals surface area contributed by atoms with E-state index in [0.29, 0.717) is 30.8 Å². The van der Waals surface area contributed by atoms with Gasteiger partial charge < -0.3 is 10.2 Å². The summed E-state index contributed by atoms with van der Waals surface area (Å²) < 4.78 is 13.4. The average molecular weight is 404 g/mol. The lowest BCUT2D eigenvalue weighted by molar-refractivity contribution is -0.126. The maximum atomic E-state index is 13.4. The molecule has 30 heavy (non-hydrogen) atoms. The zero-order valence-corrected chi connectivity index (χ0v) is 17.0. The number of carbonyl (C=O) groups excluding carboxylic acids is 2. The minimum Gasteiger partial charge on any atom is -0.352 e.